The van der Waals surface area contributed by atoms with Crippen LogP contribution in [0.1, 0.15) is 18.0 Å². The molecule has 4 heteroatoms. The van der Waals surface area contributed by atoms with Crippen molar-refractivity contribution in [2.45, 2.75) is 12.5 Å². The van der Waals surface area contributed by atoms with E-state index in [-0.39, 0.29) is 6.04 Å². The number of hydrogen-bond donors (Lipinski definition) is 2. The molecule has 1 aliphatic rings. The van der Waals surface area contributed by atoms with Gasteiger partial charge in [-0.25, -0.2) is 0 Å². The summed E-state index contributed by atoms with van der Waals surface area (Å²) in [5.41, 5.74) is 5.27. The Kier molecular flexibility index (Phi) is 3.50. The fraction of sp³-hybridized carbons (Fsp3) is 0.357. The Morgan fingerprint density at radius 3 is 3.11 bits per heavy atom. The van der Waals surface area contributed by atoms with Gasteiger partial charge in [0.05, 0.1) is 5.52 Å². The van der Waals surface area contributed by atoms with Crippen LogP contribution in [0.2, 0.25) is 0 Å². The molecule has 2 aromatic rings. The molecular weight excluding hydrogens is 242 g/mol. The molecule has 0 saturated carbocycles. The lowest BCUT2D eigenvalue weighted by atomic mass is 9.92. The van der Waals surface area contributed by atoms with E-state index in [1.54, 1.807) is 0 Å². The molecule has 3 nitrogen and oxygen atoms in total. The number of aromatic nitrogens is 1. The number of nitrogens with one attached hydrogen (secondary N) is 1. The summed E-state index contributed by atoms with van der Waals surface area (Å²) in [5, 5.41) is 1.18. The van der Waals surface area contributed by atoms with Crippen LogP contribution in [-0.2, 0) is 0 Å². The first-order valence-electron chi connectivity index (χ1n) is 6.27. The van der Waals surface area contributed by atoms with Gasteiger partial charge in [-0.1, -0.05) is 18.2 Å². The third-order valence-electron chi connectivity index (χ3n) is 3.60. The van der Waals surface area contributed by atoms with Crippen molar-refractivity contribution < 1.29 is 0 Å². The maximum Gasteiger partial charge on any atom is 0.0705 e. The molecule has 0 aliphatic carbocycles. The van der Waals surface area contributed by atoms with E-state index in [1.165, 1.54) is 28.9 Å². The molecule has 0 amide bonds. The Morgan fingerprint density at radius 1 is 1.39 bits per heavy atom. The minimum absolute atomic E-state index is 0.242. The molecule has 2 heterocycles. The molecule has 0 bridgehead atoms. The van der Waals surface area contributed by atoms with Crippen molar-refractivity contribution in [3.63, 3.8) is 0 Å². The van der Waals surface area contributed by atoms with Crippen molar-refractivity contribution in [2.75, 3.05) is 11.5 Å². The van der Waals surface area contributed by atoms with Crippen LogP contribution in [0.5, 0.6) is 0 Å². The van der Waals surface area contributed by atoms with Crippen molar-refractivity contribution >= 4 is 22.7 Å². The molecule has 18 heavy (non-hydrogen) atoms. The van der Waals surface area contributed by atoms with Crippen molar-refractivity contribution in [2.24, 2.45) is 11.8 Å². The van der Waals surface area contributed by atoms with Gasteiger partial charge in [0.15, 0.2) is 0 Å². The summed E-state index contributed by atoms with van der Waals surface area (Å²) in [5.74, 6) is 8.81. The van der Waals surface area contributed by atoms with Crippen molar-refractivity contribution in [3.05, 3.63) is 42.1 Å². The van der Waals surface area contributed by atoms with Gasteiger partial charge in [-0.3, -0.25) is 16.3 Å². The van der Waals surface area contributed by atoms with Gasteiger partial charge in [-0.05, 0) is 41.5 Å². The smallest absolute Gasteiger partial charge is 0.0705 e. The molecule has 2 unspecified atom stereocenters. The summed E-state index contributed by atoms with van der Waals surface area (Å²) < 4.78 is 0. The number of hydrogen-bond acceptors (Lipinski definition) is 4. The minimum atomic E-state index is 0.242. The zero-order valence-corrected chi connectivity index (χ0v) is 11.0. The standard InChI is InChI=1S/C14H17N3S/c15-17-14(12-5-7-18-9-12)11-4-3-10-2-1-6-16-13(10)8-11/h1-4,6,8,12,14,17H,5,7,9,15H2. The van der Waals surface area contributed by atoms with Crippen LogP contribution in [0.25, 0.3) is 10.9 Å². The molecule has 1 saturated heterocycles. The van der Waals surface area contributed by atoms with Crippen LogP contribution < -0.4 is 11.3 Å². The van der Waals surface area contributed by atoms with Gasteiger partial charge in [0, 0.05) is 17.6 Å². The van der Waals surface area contributed by atoms with Gasteiger partial charge >= 0.3 is 0 Å². The highest BCUT2D eigenvalue weighted by Crippen LogP contribution is 2.34. The van der Waals surface area contributed by atoms with Gasteiger partial charge < -0.3 is 0 Å². The number of nitrogens with two attached hydrogens (primary N) is 1. The molecule has 0 spiro atoms. The fourth-order valence-electron chi connectivity index (χ4n) is 2.60. The largest absolute Gasteiger partial charge is 0.271 e. The highest BCUT2D eigenvalue weighted by atomic mass is 32.2. The van der Waals surface area contributed by atoms with E-state index in [0.717, 1.165) is 5.52 Å². The van der Waals surface area contributed by atoms with E-state index >= 15 is 0 Å². The zero-order chi connectivity index (χ0) is 12.4. The van der Waals surface area contributed by atoms with Crippen molar-refractivity contribution in [3.8, 4) is 0 Å². The predicted octanol–water partition coefficient (Wildman–Crippen LogP) is 2.49. The normalized spacial score (nSPS) is 21.3. The van der Waals surface area contributed by atoms with E-state index in [9.17, 15) is 0 Å². The molecule has 94 valence electrons. The van der Waals surface area contributed by atoms with E-state index in [4.69, 9.17) is 5.84 Å². The number of pyridine rings is 1. The second-order valence-electron chi connectivity index (χ2n) is 4.72. The first kappa shape index (κ1) is 12.0. The average Bonchev–Trinajstić information content (AvgIpc) is 2.93. The second kappa shape index (κ2) is 5.26. The van der Waals surface area contributed by atoms with Gasteiger partial charge in [0.2, 0.25) is 0 Å². The summed E-state index contributed by atoms with van der Waals surface area (Å²) in [6, 6.07) is 10.7. The van der Waals surface area contributed by atoms with Gasteiger partial charge in [0.1, 0.15) is 0 Å². The number of benzene rings is 1. The number of fused-ring (bicyclic) bond motifs is 1. The van der Waals surface area contributed by atoms with E-state index in [1.807, 2.05) is 24.0 Å². The van der Waals surface area contributed by atoms with Gasteiger partial charge in [-0.15, -0.1) is 0 Å². The summed E-state index contributed by atoms with van der Waals surface area (Å²) in [6.07, 6.45) is 3.07. The lowest BCUT2D eigenvalue weighted by Gasteiger charge is -2.22. The molecule has 0 radical (unpaired) electrons. The predicted molar refractivity (Wildman–Crippen MR) is 77.2 cm³/mol. The van der Waals surface area contributed by atoms with Crippen LogP contribution in [0.4, 0.5) is 0 Å². The number of nitrogens with zero attached hydrogens (tertiary/aromatic N) is 1. The Bertz CT molecular complexity index is 537. The lowest BCUT2D eigenvalue weighted by Crippen LogP contribution is -2.33. The Hall–Kier alpha value is -1.10. The van der Waals surface area contributed by atoms with Gasteiger partial charge in [0.25, 0.3) is 0 Å². The van der Waals surface area contributed by atoms with Crippen LogP contribution in [-0.4, -0.2) is 16.5 Å². The molecule has 1 aromatic carbocycles. The quantitative estimate of drug-likeness (QED) is 0.657. The van der Waals surface area contributed by atoms with Crippen LogP contribution in [0.15, 0.2) is 36.5 Å². The summed E-state index contributed by atoms with van der Waals surface area (Å²) in [7, 11) is 0. The number of hydrazine groups is 1. The lowest BCUT2D eigenvalue weighted by molar-refractivity contribution is 0.401. The number of rotatable bonds is 3. The Balaban J connectivity index is 1.96. The minimum Gasteiger partial charge on any atom is -0.271 e. The monoisotopic (exact) mass is 259 g/mol. The number of thioether (sulfide) groups is 1. The summed E-state index contributed by atoms with van der Waals surface area (Å²) >= 11 is 2.01. The third-order valence-corrected chi connectivity index (χ3v) is 4.79. The highest BCUT2D eigenvalue weighted by Gasteiger charge is 2.25. The Labute approximate surface area is 111 Å². The average molecular weight is 259 g/mol. The molecule has 2 atom stereocenters. The van der Waals surface area contributed by atoms with Crippen LogP contribution in [0.3, 0.4) is 0 Å². The topological polar surface area (TPSA) is 50.9 Å². The fourth-order valence-corrected chi connectivity index (χ4v) is 3.89. The molecule has 1 aromatic heterocycles. The molecular formula is C14H17N3S. The summed E-state index contributed by atoms with van der Waals surface area (Å²) in [4.78, 5) is 4.41. The molecule has 3 rings (SSSR count). The Morgan fingerprint density at radius 2 is 2.33 bits per heavy atom. The molecule has 1 aliphatic heterocycles. The van der Waals surface area contributed by atoms with Crippen molar-refractivity contribution in [1.82, 2.24) is 10.4 Å². The summed E-state index contributed by atoms with van der Waals surface area (Å²) in [6.45, 7) is 0. The molecule has 3 N–H and O–H groups in total. The maximum atomic E-state index is 5.75. The van der Waals surface area contributed by atoms with E-state index in [0.29, 0.717) is 5.92 Å². The van der Waals surface area contributed by atoms with Crippen LogP contribution >= 0.6 is 11.8 Å². The van der Waals surface area contributed by atoms with Crippen molar-refractivity contribution in [1.29, 1.82) is 0 Å². The molecule has 1 fully saturated rings. The van der Waals surface area contributed by atoms with Gasteiger partial charge in [-0.2, -0.15) is 11.8 Å². The SMILES string of the molecule is NNC(c1ccc2cccnc2c1)C1CCSC1. The second-order valence-corrected chi connectivity index (χ2v) is 5.87. The van der Waals surface area contributed by atoms with E-state index in [2.05, 4.69) is 34.7 Å². The zero-order valence-electron chi connectivity index (χ0n) is 10.2. The third kappa shape index (κ3) is 2.23. The first-order valence-corrected chi connectivity index (χ1v) is 7.42. The first-order chi connectivity index (χ1) is 8.88. The van der Waals surface area contributed by atoms with E-state index < -0.39 is 0 Å². The highest BCUT2D eigenvalue weighted by molar-refractivity contribution is 7.99. The van der Waals surface area contributed by atoms with Crippen LogP contribution in [0, 0.1) is 5.92 Å². The maximum absolute atomic E-state index is 5.75.